The molecule has 0 N–H and O–H groups in total. The topological polar surface area (TPSA) is 21.1 Å². The smallest absolute Gasteiger partial charge is 0.292 e. The average molecular weight is 323 g/mol. The molecule has 1 aliphatic rings. The van der Waals surface area contributed by atoms with Gasteiger partial charge in [0.15, 0.2) is 5.69 Å². The maximum Gasteiger partial charge on any atom is 0.435 e. The molecule has 1 aromatic heterocycles. The number of fused-ring (bicyclic) bond motifs is 1. The summed E-state index contributed by atoms with van der Waals surface area (Å²) in [6.45, 7) is 5.71. The van der Waals surface area contributed by atoms with Gasteiger partial charge in [-0.05, 0) is 29.9 Å². The molecular weight excluding hydrogens is 303 g/mol. The van der Waals surface area contributed by atoms with Gasteiger partial charge in [0.2, 0.25) is 0 Å². The van der Waals surface area contributed by atoms with E-state index in [0.717, 1.165) is 12.0 Å². The van der Waals surface area contributed by atoms with E-state index in [2.05, 4.69) is 25.0 Å². The third kappa shape index (κ3) is 2.60. The van der Waals surface area contributed by atoms with E-state index in [9.17, 15) is 13.2 Å². The Kier molecular flexibility index (Phi) is 3.46. The zero-order valence-electron chi connectivity index (χ0n) is 13.6. The van der Waals surface area contributed by atoms with Crippen LogP contribution in [0.25, 0.3) is 0 Å². The molecular formula is C17H20F3N3. The van der Waals surface area contributed by atoms with E-state index < -0.39 is 11.9 Å². The summed E-state index contributed by atoms with van der Waals surface area (Å²) in [5, 5.41) is 5.58. The van der Waals surface area contributed by atoms with Gasteiger partial charge in [0.05, 0.1) is 12.2 Å². The van der Waals surface area contributed by atoms with Gasteiger partial charge >= 0.3 is 6.18 Å². The second-order valence-corrected chi connectivity index (χ2v) is 6.92. The Hall–Kier alpha value is -1.98. The molecule has 0 spiro atoms. The van der Waals surface area contributed by atoms with Crippen molar-refractivity contribution in [2.75, 3.05) is 12.1 Å². The largest absolute Gasteiger partial charge is 0.435 e. The highest BCUT2D eigenvalue weighted by molar-refractivity contribution is 5.40. The molecule has 1 aliphatic carbocycles. The number of halogens is 3. The number of nitrogens with zero attached hydrogens (tertiary/aromatic N) is 3. The van der Waals surface area contributed by atoms with Gasteiger partial charge in [-0.25, -0.2) is 0 Å². The number of rotatable bonds is 2. The Morgan fingerprint density at radius 2 is 1.91 bits per heavy atom. The van der Waals surface area contributed by atoms with Crippen LogP contribution in [0.1, 0.15) is 42.3 Å². The molecule has 1 heterocycles. The third-order valence-electron chi connectivity index (χ3n) is 4.59. The molecule has 0 bridgehead atoms. The first kappa shape index (κ1) is 15.9. The Morgan fingerprint density at radius 3 is 2.52 bits per heavy atom. The number of hydrogen-bond acceptors (Lipinski definition) is 2. The van der Waals surface area contributed by atoms with E-state index in [4.69, 9.17) is 0 Å². The molecule has 1 unspecified atom stereocenters. The Morgan fingerprint density at radius 1 is 1.26 bits per heavy atom. The van der Waals surface area contributed by atoms with Crippen LogP contribution in [0.2, 0.25) is 0 Å². The summed E-state index contributed by atoms with van der Waals surface area (Å²) >= 11 is 0. The minimum Gasteiger partial charge on any atom is -0.292 e. The fraction of sp³-hybridized carbons (Fsp3) is 0.471. The minimum absolute atomic E-state index is 0.0286. The van der Waals surface area contributed by atoms with Gasteiger partial charge in [-0.1, -0.05) is 38.1 Å². The standard InChI is InChI=1S/C17H20F3N3/c1-11-10-23(21-14(11)17(18,19)20)22(4)15-13-8-6-5-7-12(13)9-16(15,2)3/h5-8,10,15H,9H2,1-4H3. The van der Waals surface area contributed by atoms with Crippen molar-refractivity contribution in [3.8, 4) is 0 Å². The quantitative estimate of drug-likeness (QED) is 0.829. The SMILES string of the molecule is Cc1cn(N(C)C2c3ccccc3CC2(C)C)nc1C(F)(F)F. The summed E-state index contributed by atoms with van der Waals surface area (Å²) in [5.41, 5.74) is 1.62. The summed E-state index contributed by atoms with van der Waals surface area (Å²) in [5.74, 6) is 0. The molecule has 1 atom stereocenters. The first-order chi connectivity index (χ1) is 10.6. The van der Waals surface area contributed by atoms with Crippen LogP contribution in [0.15, 0.2) is 30.5 Å². The van der Waals surface area contributed by atoms with E-state index >= 15 is 0 Å². The second-order valence-electron chi connectivity index (χ2n) is 6.92. The summed E-state index contributed by atoms with van der Waals surface area (Å²) in [7, 11) is 1.79. The lowest BCUT2D eigenvalue weighted by atomic mass is 9.85. The van der Waals surface area contributed by atoms with Crippen molar-refractivity contribution in [1.82, 2.24) is 9.89 Å². The third-order valence-corrected chi connectivity index (χ3v) is 4.59. The van der Waals surface area contributed by atoms with Crippen molar-refractivity contribution in [3.63, 3.8) is 0 Å². The van der Waals surface area contributed by atoms with E-state index in [-0.39, 0.29) is 17.0 Å². The lowest BCUT2D eigenvalue weighted by Crippen LogP contribution is -2.40. The van der Waals surface area contributed by atoms with Crippen LogP contribution in [0.5, 0.6) is 0 Å². The Bertz CT molecular complexity index is 731. The summed E-state index contributed by atoms with van der Waals surface area (Å²) in [6.07, 6.45) is -2.09. The van der Waals surface area contributed by atoms with E-state index in [0.29, 0.717) is 0 Å². The molecule has 124 valence electrons. The van der Waals surface area contributed by atoms with Gasteiger partial charge in [0.25, 0.3) is 0 Å². The van der Waals surface area contributed by atoms with Crippen molar-refractivity contribution < 1.29 is 13.2 Å². The second kappa shape index (κ2) is 5.01. The lowest BCUT2D eigenvalue weighted by Gasteiger charge is -2.36. The van der Waals surface area contributed by atoms with Crippen LogP contribution in [-0.2, 0) is 12.6 Å². The highest BCUT2D eigenvalue weighted by atomic mass is 19.4. The maximum atomic E-state index is 13.0. The Labute approximate surface area is 133 Å². The van der Waals surface area contributed by atoms with E-state index in [1.807, 2.05) is 18.2 Å². The normalized spacial score (nSPS) is 19.7. The van der Waals surface area contributed by atoms with Crippen LogP contribution in [0.4, 0.5) is 13.2 Å². The van der Waals surface area contributed by atoms with Gasteiger partial charge in [-0.15, -0.1) is 5.10 Å². The molecule has 3 rings (SSSR count). The summed E-state index contributed by atoms with van der Waals surface area (Å²) in [6, 6.07) is 8.07. The fourth-order valence-electron chi connectivity index (χ4n) is 3.68. The number of aromatic nitrogens is 2. The monoisotopic (exact) mass is 323 g/mol. The predicted molar refractivity (Wildman–Crippen MR) is 82.8 cm³/mol. The van der Waals surface area contributed by atoms with E-state index in [1.165, 1.54) is 23.5 Å². The van der Waals surface area contributed by atoms with Crippen LogP contribution < -0.4 is 5.01 Å². The highest BCUT2D eigenvalue weighted by Gasteiger charge is 2.43. The summed E-state index contributed by atoms with van der Waals surface area (Å²) < 4.78 is 39.0. The van der Waals surface area contributed by atoms with Crippen molar-refractivity contribution in [1.29, 1.82) is 0 Å². The first-order valence-electron chi connectivity index (χ1n) is 7.55. The van der Waals surface area contributed by atoms with Crippen LogP contribution in [-0.4, -0.2) is 16.9 Å². The number of alkyl halides is 3. The van der Waals surface area contributed by atoms with Crippen LogP contribution in [0, 0.1) is 12.3 Å². The fourth-order valence-corrected chi connectivity index (χ4v) is 3.68. The van der Waals surface area contributed by atoms with Gasteiger partial charge < -0.3 is 0 Å². The molecule has 0 fully saturated rings. The number of hydrogen-bond donors (Lipinski definition) is 0. The van der Waals surface area contributed by atoms with Gasteiger partial charge in [-0.2, -0.15) is 18.0 Å². The average Bonchev–Trinajstić information content (AvgIpc) is 2.93. The Balaban J connectivity index is 2.02. The molecule has 6 heteroatoms. The number of aryl methyl sites for hydroxylation is 1. The maximum absolute atomic E-state index is 13.0. The van der Waals surface area contributed by atoms with Crippen molar-refractivity contribution in [2.45, 2.75) is 39.4 Å². The molecule has 0 radical (unpaired) electrons. The first-order valence-corrected chi connectivity index (χ1v) is 7.55. The molecule has 1 aromatic carbocycles. The van der Waals surface area contributed by atoms with Crippen molar-refractivity contribution in [2.24, 2.45) is 5.41 Å². The molecule has 0 saturated heterocycles. The molecule has 0 saturated carbocycles. The summed E-state index contributed by atoms with van der Waals surface area (Å²) in [4.78, 5) is 1.33. The zero-order valence-corrected chi connectivity index (χ0v) is 13.6. The minimum atomic E-state index is -4.43. The van der Waals surface area contributed by atoms with Gasteiger partial charge in [0.1, 0.15) is 0 Å². The molecule has 2 aromatic rings. The molecule has 0 amide bonds. The van der Waals surface area contributed by atoms with Crippen molar-refractivity contribution >= 4 is 0 Å². The molecule has 3 nitrogen and oxygen atoms in total. The van der Waals surface area contributed by atoms with Gasteiger partial charge in [-0.3, -0.25) is 5.01 Å². The van der Waals surface area contributed by atoms with Crippen molar-refractivity contribution in [3.05, 3.63) is 52.8 Å². The van der Waals surface area contributed by atoms with Gasteiger partial charge in [0, 0.05) is 12.6 Å². The predicted octanol–water partition coefficient (Wildman–Crippen LogP) is 4.10. The zero-order chi connectivity index (χ0) is 17.0. The van der Waals surface area contributed by atoms with Crippen LogP contribution in [0.3, 0.4) is 0 Å². The van der Waals surface area contributed by atoms with Crippen LogP contribution >= 0.6 is 0 Å². The lowest BCUT2D eigenvalue weighted by molar-refractivity contribution is -0.141. The molecule has 23 heavy (non-hydrogen) atoms. The molecule has 0 aliphatic heterocycles. The number of benzene rings is 1. The highest BCUT2D eigenvalue weighted by Crippen LogP contribution is 2.47. The van der Waals surface area contributed by atoms with E-state index in [1.54, 1.807) is 12.1 Å².